The molecular weight excluding hydrogens is 282 g/mol. The zero-order valence-electron chi connectivity index (χ0n) is 13.2. The number of carbonyl (C=O) groups is 2. The van der Waals surface area contributed by atoms with Crippen LogP contribution in [0.25, 0.3) is 0 Å². The zero-order valence-corrected chi connectivity index (χ0v) is 13.2. The van der Waals surface area contributed by atoms with Crippen molar-refractivity contribution in [2.45, 2.75) is 39.0 Å². The van der Waals surface area contributed by atoms with Gasteiger partial charge in [0.15, 0.2) is 0 Å². The Morgan fingerprint density at radius 3 is 2.27 bits per heavy atom. The van der Waals surface area contributed by atoms with Crippen molar-refractivity contribution in [1.29, 1.82) is 0 Å². The molecule has 1 aliphatic heterocycles. The van der Waals surface area contributed by atoms with E-state index in [2.05, 4.69) is 10.2 Å². The molecule has 0 bridgehead atoms. The minimum absolute atomic E-state index is 0.0758. The summed E-state index contributed by atoms with van der Waals surface area (Å²) in [5.74, 6) is -0.560. The van der Waals surface area contributed by atoms with Crippen LogP contribution < -0.4 is 11.1 Å². The van der Waals surface area contributed by atoms with Crippen LogP contribution in [0.2, 0.25) is 0 Å². The molecule has 0 aliphatic carbocycles. The van der Waals surface area contributed by atoms with Crippen LogP contribution in [0.5, 0.6) is 0 Å². The lowest BCUT2D eigenvalue weighted by Gasteiger charge is -2.38. The fourth-order valence-corrected chi connectivity index (χ4v) is 2.66. The molecule has 120 valence electrons. The lowest BCUT2D eigenvalue weighted by atomic mass is 10.1. The third-order valence-corrected chi connectivity index (χ3v) is 3.81. The third kappa shape index (κ3) is 4.05. The van der Waals surface area contributed by atoms with E-state index in [9.17, 15) is 9.59 Å². The molecule has 1 heterocycles. The fraction of sp³-hybridized carbons (Fsp3) is 0.500. The second-order valence-electron chi connectivity index (χ2n) is 5.82. The molecule has 1 saturated heterocycles. The van der Waals surface area contributed by atoms with Crippen molar-refractivity contribution < 1.29 is 14.3 Å². The molecule has 1 fully saturated rings. The Kier molecular flexibility index (Phi) is 5.15. The van der Waals surface area contributed by atoms with E-state index in [1.165, 1.54) is 0 Å². The Balaban J connectivity index is 1.97. The summed E-state index contributed by atoms with van der Waals surface area (Å²) in [5.41, 5.74) is 6.26. The minimum atomic E-state index is -0.484. The van der Waals surface area contributed by atoms with E-state index in [1.807, 2.05) is 20.8 Å². The number of amides is 2. The fourth-order valence-electron chi connectivity index (χ4n) is 2.66. The molecule has 1 aromatic rings. The molecule has 3 N–H and O–H groups in total. The number of morpholine rings is 1. The lowest BCUT2D eigenvalue weighted by Crippen LogP contribution is -2.52. The number of anilines is 1. The van der Waals surface area contributed by atoms with Crippen molar-refractivity contribution in [3.63, 3.8) is 0 Å². The SMILES string of the molecule is C[C@@H]1CN([C@H](C)C(=O)Nc2ccc(C(N)=O)cc2)C[C@H](C)O1. The van der Waals surface area contributed by atoms with Crippen molar-refractivity contribution in [3.05, 3.63) is 29.8 Å². The highest BCUT2D eigenvalue weighted by Gasteiger charge is 2.29. The maximum absolute atomic E-state index is 12.4. The van der Waals surface area contributed by atoms with Crippen molar-refractivity contribution in [1.82, 2.24) is 4.90 Å². The lowest BCUT2D eigenvalue weighted by molar-refractivity contribution is -0.126. The predicted molar refractivity (Wildman–Crippen MR) is 84.6 cm³/mol. The molecule has 0 aromatic heterocycles. The number of nitrogens with zero attached hydrogens (tertiary/aromatic N) is 1. The second kappa shape index (κ2) is 6.89. The monoisotopic (exact) mass is 305 g/mol. The zero-order chi connectivity index (χ0) is 16.3. The van der Waals surface area contributed by atoms with Crippen LogP contribution >= 0.6 is 0 Å². The Hall–Kier alpha value is -1.92. The molecule has 6 heteroatoms. The topological polar surface area (TPSA) is 84.7 Å². The predicted octanol–water partition coefficient (Wildman–Crippen LogP) is 1.22. The van der Waals surface area contributed by atoms with Gasteiger partial charge in [-0.3, -0.25) is 14.5 Å². The average Bonchev–Trinajstić information content (AvgIpc) is 2.46. The first-order chi connectivity index (χ1) is 10.4. The third-order valence-electron chi connectivity index (χ3n) is 3.81. The number of rotatable bonds is 4. The van der Waals surface area contributed by atoms with Gasteiger partial charge in [-0.2, -0.15) is 0 Å². The quantitative estimate of drug-likeness (QED) is 0.876. The maximum Gasteiger partial charge on any atom is 0.248 e. The molecule has 0 radical (unpaired) electrons. The summed E-state index contributed by atoms with van der Waals surface area (Å²) in [4.78, 5) is 25.5. The summed E-state index contributed by atoms with van der Waals surface area (Å²) in [6, 6.07) is 6.30. The van der Waals surface area contributed by atoms with E-state index in [-0.39, 0.29) is 24.2 Å². The molecule has 6 nitrogen and oxygen atoms in total. The van der Waals surface area contributed by atoms with E-state index in [4.69, 9.17) is 10.5 Å². The maximum atomic E-state index is 12.4. The first kappa shape index (κ1) is 16.5. The van der Waals surface area contributed by atoms with Gasteiger partial charge in [-0.05, 0) is 45.0 Å². The smallest absolute Gasteiger partial charge is 0.248 e. The number of nitrogens with two attached hydrogens (primary N) is 1. The van der Waals surface area contributed by atoms with Crippen LogP contribution in [0.15, 0.2) is 24.3 Å². The number of carbonyl (C=O) groups excluding carboxylic acids is 2. The van der Waals surface area contributed by atoms with Crippen LogP contribution in [-0.4, -0.2) is 48.1 Å². The molecule has 1 aliphatic rings. The number of hydrogen-bond acceptors (Lipinski definition) is 4. The Morgan fingerprint density at radius 2 is 1.77 bits per heavy atom. The van der Waals surface area contributed by atoms with Gasteiger partial charge in [0.1, 0.15) is 0 Å². The van der Waals surface area contributed by atoms with Crippen LogP contribution in [0.4, 0.5) is 5.69 Å². The largest absolute Gasteiger partial charge is 0.373 e. The van der Waals surface area contributed by atoms with Gasteiger partial charge in [0.2, 0.25) is 11.8 Å². The average molecular weight is 305 g/mol. The second-order valence-corrected chi connectivity index (χ2v) is 5.82. The number of primary amides is 1. The van der Waals surface area contributed by atoms with Crippen LogP contribution in [0.3, 0.4) is 0 Å². The molecule has 0 unspecified atom stereocenters. The molecule has 0 spiro atoms. The molecule has 3 atom stereocenters. The molecule has 22 heavy (non-hydrogen) atoms. The van der Waals surface area contributed by atoms with Crippen LogP contribution in [0, 0.1) is 0 Å². The van der Waals surface area contributed by atoms with E-state index < -0.39 is 5.91 Å². The normalized spacial score (nSPS) is 23.8. The van der Waals surface area contributed by atoms with Gasteiger partial charge in [0, 0.05) is 24.3 Å². The van der Waals surface area contributed by atoms with E-state index in [1.54, 1.807) is 24.3 Å². The Labute approximate surface area is 130 Å². The summed E-state index contributed by atoms with van der Waals surface area (Å²) in [6.45, 7) is 7.38. The highest BCUT2D eigenvalue weighted by atomic mass is 16.5. The highest BCUT2D eigenvalue weighted by molar-refractivity contribution is 5.96. The number of ether oxygens (including phenoxy) is 1. The van der Waals surface area contributed by atoms with Crippen LogP contribution in [0.1, 0.15) is 31.1 Å². The van der Waals surface area contributed by atoms with Gasteiger partial charge in [-0.15, -0.1) is 0 Å². The number of benzene rings is 1. The molecular formula is C16H23N3O3. The molecule has 1 aromatic carbocycles. The number of hydrogen-bond donors (Lipinski definition) is 2. The Morgan fingerprint density at radius 1 is 1.23 bits per heavy atom. The van der Waals surface area contributed by atoms with Crippen molar-refractivity contribution in [2.75, 3.05) is 18.4 Å². The highest BCUT2D eigenvalue weighted by Crippen LogP contribution is 2.15. The van der Waals surface area contributed by atoms with Gasteiger partial charge >= 0.3 is 0 Å². The van der Waals surface area contributed by atoms with E-state index >= 15 is 0 Å². The summed E-state index contributed by atoms with van der Waals surface area (Å²) in [5, 5.41) is 2.86. The first-order valence-electron chi connectivity index (χ1n) is 7.47. The first-order valence-corrected chi connectivity index (χ1v) is 7.47. The van der Waals surface area contributed by atoms with E-state index in [0.717, 1.165) is 13.1 Å². The van der Waals surface area contributed by atoms with Crippen molar-refractivity contribution in [3.8, 4) is 0 Å². The molecule has 2 amide bonds. The van der Waals surface area contributed by atoms with E-state index in [0.29, 0.717) is 11.3 Å². The van der Waals surface area contributed by atoms with Crippen molar-refractivity contribution >= 4 is 17.5 Å². The van der Waals surface area contributed by atoms with Gasteiger partial charge in [0.25, 0.3) is 0 Å². The summed E-state index contributed by atoms with van der Waals surface area (Å²) < 4.78 is 5.68. The van der Waals surface area contributed by atoms with Crippen molar-refractivity contribution in [2.24, 2.45) is 5.73 Å². The summed E-state index contributed by atoms with van der Waals surface area (Å²) in [7, 11) is 0. The van der Waals surface area contributed by atoms with Gasteiger partial charge < -0.3 is 15.8 Å². The Bertz CT molecular complexity index is 534. The van der Waals surface area contributed by atoms with Gasteiger partial charge in [-0.1, -0.05) is 0 Å². The summed E-state index contributed by atoms with van der Waals surface area (Å²) in [6.07, 6.45) is 0.239. The van der Waals surface area contributed by atoms with Crippen LogP contribution in [-0.2, 0) is 9.53 Å². The van der Waals surface area contributed by atoms with Gasteiger partial charge in [0.05, 0.1) is 18.2 Å². The summed E-state index contributed by atoms with van der Waals surface area (Å²) >= 11 is 0. The van der Waals surface area contributed by atoms with Gasteiger partial charge in [-0.25, -0.2) is 0 Å². The molecule has 2 rings (SSSR count). The number of nitrogens with one attached hydrogen (secondary N) is 1. The standard InChI is InChI=1S/C16H23N3O3/c1-10-8-19(9-11(2)22-10)12(3)16(21)18-14-6-4-13(5-7-14)15(17)20/h4-7,10-12H,8-9H2,1-3H3,(H2,17,20)(H,18,21)/t10-,11+,12-/m1/s1. The minimum Gasteiger partial charge on any atom is -0.373 e. The molecule has 0 saturated carbocycles.